The molecule has 2 saturated heterocycles. The average Bonchev–Trinajstić information content (AvgIpc) is 2.76. The Morgan fingerprint density at radius 1 is 1.53 bits per heavy atom. The molecule has 0 aromatic carbocycles. The molecule has 2 aliphatic rings. The predicted molar refractivity (Wildman–Crippen MR) is 71.2 cm³/mol. The van der Waals surface area contributed by atoms with E-state index in [2.05, 4.69) is 35.9 Å². The number of nitrogens with zero attached hydrogens (tertiary/aromatic N) is 1. The first kappa shape index (κ1) is 13.6. The molecule has 0 amide bonds. The maximum absolute atomic E-state index is 3.47. The van der Waals surface area contributed by atoms with Gasteiger partial charge in [0.25, 0.3) is 0 Å². The normalized spacial score (nSPS) is 35.8. The van der Waals surface area contributed by atoms with Crippen LogP contribution in [0.2, 0.25) is 0 Å². The number of nitrogens with one attached hydrogen (secondary N) is 1. The lowest BCUT2D eigenvalue weighted by atomic mass is 9.97. The predicted octanol–water partition coefficient (Wildman–Crippen LogP) is 1.85. The van der Waals surface area contributed by atoms with Crippen LogP contribution in [0.4, 0.5) is 0 Å². The van der Waals surface area contributed by atoms with Crippen LogP contribution >= 0.6 is 24.2 Å². The number of thioether (sulfide) groups is 1. The molecule has 0 spiro atoms. The maximum Gasteiger partial charge on any atom is 0.0314 e. The van der Waals surface area contributed by atoms with Gasteiger partial charge >= 0.3 is 0 Å². The minimum Gasteiger partial charge on any atom is -0.315 e. The zero-order valence-electron chi connectivity index (χ0n) is 9.79. The van der Waals surface area contributed by atoms with E-state index in [-0.39, 0.29) is 12.4 Å². The second-order valence-electron chi connectivity index (χ2n) is 5.03. The fraction of sp³-hybridized carbons (Fsp3) is 1.00. The van der Waals surface area contributed by atoms with Gasteiger partial charge in [0.2, 0.25) is 0 Å². The van der Waals surface area contributed by atoms with Gasteiger partial charge in [-0.25, -0.2) is 0 Å². The molecular formula is C11H23ClN2S. The highest BCUT2D eigenvalue weighted by Crippen LogP contribution is 2.28. The van der Waals surface area contributed by atoms with Crippen molar-refractivity contribution in [1.82, 2.24) is 10.2 Å². The summed E-state index contributed by atoms with van der Waals surface area (Å²) in [6.07, 6.45) is 2.74. The number of halogens is 1. The molecule has 0 aromatic heterocycles. The highest BCUT2D eigenvalue weighted by molar-refractivity contribution is 7.99. The first-order chi connectivity index (χ1) is 6.71. The Hall–Kier alpha value is 0.560. The third kappa shape index (κ3) is 3.26. The van der Waals surface area contributed by atoms with Crippen molar-refractivity contribution in [1.29, 1.82) is 0 Å². The van der Waals surface area contributed by atoms with E-state index in [1.54, 1.807) is 0 Å². The van der Waals surface area contributed by atoms with Crippen molar-refractivity contribution in [2.45, 2.75) is 25.3 Å². The van der Waals surface area contributed by atoms with E-state index in [4.69, 9.17) is 0 Å². The molecule has 4 heteroatoms. The highest BCUT2D eigenvalue weighted by Gasteiger charge is 2.34. The Labute approximate surface area is 104 Å². The van der Waals surface area contributed by atoms with E-state index in [0.29, 0.717) is 5.54 Å². The van der Waals surface area contributed by atoms with E-state index in [0.717, 1.165) is 5.92 Å². The molecule has 2 heterocycles. The van der Waals surface area contributed by atoms with Crippen LogP contribution in [0, 0.1) is 5.92 Å². The second kappa shape index (κ2) is 5.76. The van der Waals surface area contributed by atoms with Crippen LogP contribution in [0.15, 0.2) is 0 Å². The van der Waals surface area contributed by atoms with Crippen LogP contribution in [0.25, 0.3) is 0 Å². The molecule has 0 aliphatic carbocycles. The fourth-order valence-electron chi connectivity index (χ4n) is 2.46. The third-order valence-electron chi connectivity index (χ3n) is 3.82. The van der Waals surface area contributed by atoms with Crippen molar-refractivity contribution in [3.05, 3.63) is 0 Å². The summed E-state index contributed by atoms with van der Waals surface area (Å²) in [5, 5.41) is 3.47. The summed E-state index contributed by atoms with van der Waals surface area (Å²) < 4.78 is 0. The fourth-order valence-corrected chi connectivity index (χ4v) is 3.74. The van der Waals surface area contributed by atoms with Gasteiger partial charge < -0.3 is 5.32 Å². The monoisotopic (exact) mass is 250 g/mol. The van der Waals surface area contributed by atoms with Gasteiger partial charge in [-0.2, -0.15) is 11.8 Å². The van der Waals surface area contributed by atoms with Gasteiger partial charge in [-0.15, -0.1) is 12.4 Å². The van der Waals surface area contributed by atoms with Gasteiger partial charge in [0.05, 0.1) is 0 Å². The quantitative estimate of drug-likeness (QED) is 0.823. The van der Waals surface area contributed by atoms with Crippen molar-refractivity contribution in [3.8, 4) is 0 Å². The Morgan fingerprint density at radius 2 is 2.33 bits per heavy atom. The molecule has 2 atom stereocenters. The standard InChI is InChI=1S/C11H22N2S.ClH/c1-11(4-5-12-9-11)13(2)7-10-3-6-14-8-10;/h10,12H,3-9H2,1-2H3;1H. The molecule has 1 N–H and O–H groups in total. The molecule has 2 aliphatic heterocycles. The summed E-state index contributed by atoms with van der Waals surface area (Å²) in [7, 11) is 2.30. The number of likely N-dealkylation sites (N-methyl/N-ethyl adjacent to an activating group) is 1. The van der Waals surface area contributed by atoms with E-state index in [1.807, 2.05) is 0 Å². The molecule has 0 radical (unpaired) electrons. The van der Waals surface area contributed by atoms with Gasteiger partial charge in [-0.3, -0.25) is 4.90 Å². The molecule has 0 aromatic rings. The summed E-state index contributed by atoms with van der Waals surface area (Å²) in [4.78, 5) is 2.59. The van der Waals surface area contributed by atoms with Crippen molar-refractivity contribution < 1.29 is 0 Å². The zero-order chi connectivity index (χ0) is 10.0. The number of rotatable bonds is 3. The van der Waals surface area contributed by atoms with Crippen LogP contribution in [-0.2, 0) is 0 Å². The van der Waals surface area contributed by atoms with Crippen molar-refractivity contribution >= 4 is 24.2 Å². The van der Waals surface area contributed by atoms with Crippen molar-refractivity contribution in [2.24, 2.45) is 5.92 Å². The van der Waals surface area contributed by atoms with Crippen LogP contribution in [-0.4, -0.2) is 48.6 Å². The minimum atomic E-state index is 0. The van der Waals surface area contributed by atoms with Gasteiger partial charge in [0, 0.05) is 18.6 Å². The van der Waals surface area contributed by atoms with Gasteiger partial charge in [0.15, 0.2) is 0 Å². The lowest BCUT2D eigenvalue weighted by molar-refractivity contribution is 0.137. The van der Waals surface area contributed by atoms with Gasteiger partial charge in [-0.05, 0) is 50.8 Å². The maximum atomic E-state index is 3.47. The molecule has 15 heavy (non-hydrogen) atoms. The SMILES string of the molecule is CN(CC1CCSC1)C1(C)CCNC1.Cl. The van der Waals surface area contributed by atoms with Crippen LogP contribution in [0.5, 0.6) is 0 Å². The molecule has 2 nitrogen and oxygen atoms in total. The molecule has 90 valence electrons. The Bertz CT molecular complexity index is 189. The van der Waals surface area contributed by atoms with Crippen LogP contribution in [0.1, 0.15) is 19.8 Å². The Balaban J connectivity index is 0.00000112. The van der Waals surface area contributed by atoms with Crippen LogP contribution in [0.3, 0.4) is 0 Å². The van der Waals surface area contributed by atoms with E-state index in [1.165, 1.54) is 44.0 Å². The molecule has 2 unspecified atom stereocenters. The second-order valence-corrected chi connectivity index (χ2v) is 6.18. The lowest BCUT2D eigenvalue weighted by Crippen LogP contribution is -2.47. The lowest BCUT2D eigenvalue weighted by Gasteiger charge is -2.36. The number of hydrogen-bond donors (Lipinski definition) is 1. The summed E-state index contributed by atoms with van der Waals surface area (Å²) in [5.74, 6) is 3.71. The van der Waals surface area contributed by atoms with E-state index in [9.17, 15) is 0 Å². The molecular weight excluding hydrogens is 228 g/mol. The van der Waals surface area contributed by atoms with E-state index >= 15 is 0 Å². The first-order valence-corrected chi connectivity index (χ1v) is 6.86. The van der Waals surface area contributed by atoms with Gasteiger partial charge in [-0.1, -0.05) is 0 Å². The largest absolute Gasteiger partial charge is 0.315 e. The van der Waals surface area contributed by atoms with Gasteiger partial charge in [0.1, 0.15) is 0 Å². The zero-order valence-corrected chi connectivity index (χ0v) is 11.4. The van der Waals surface area contributed by atoms with Crippen molar-refractivity contribution in [3.63, 3.8) is 0 Å². The first-order valence-electron chi connectivity index (χ1n) is 5.70. The average molecular weight is 251 g/mol. The molecule has 0 saturated carbocycles. The topological polar surface area (TPSA) is 15.3 Å². The number of hydrogen-bond acceptors (Lipinski definition) is 3. The molecule has 2 fully saturated rings. The summed E-state index contributed by atoms with van der Waals surface area (Å²) in [5.41, 5.74) is 0.424. The molecule has 2 rings (SSSR count). The van der Waals surface area contributed by atoms with Crippen LogP contribution < -0.4 is 5.32 Å². The summed E-state index contributed by atoms with van der Waals surface area (Å²) >= 11 is 2.12. The summed E-state index contributed by atoms with van der Waals surface area (Å²) in [6.45, 7) is 6.06. The van der Waals surface area contributed by atoms with E-state index < -0.39 is 0 Å². The highest BCUT2D eigenvalue weighted by atomic mass is 35.5. The minimum absolute atomic E-state index is 0. The molecule has 0 bridgehead atoms. The Morgan fingerprint density at radius 3 is 2.87 bits per heavy atom. The van der Waals surface area contributed by atoms with Crippen molar-refractivity contribution in [2.75, 3.05) is 38.2 Å². The third-order valence-corrected chi connectivity index (χ3v) is 5.06. The summed E-state index contributed by atoms with van der Waals surface area (Å²) in [6, 6.07) is 0. The smallest absolute Gasteiger partial charge is 0.0314 e. The Kier molecular flexibility index (Phi) is 5.23.